The fraction of sp³-hybridized carbons (Fsp3) is 0. The summed E-state index contributed by atoms with van der Waals surface area (Å²) in [6.45, 7) is 0. The molecule has 0 aliphatic rings. The van der Waals surface area contributed by atoms with Crippen LogP contribution in [0.1, 0.15) is 10.4 Å². The van der Waals surface area contributed by atoms with Crippen molar-refractivity contribution in [2.45, 2.75) is 0 Å². The highest BCUT2D eigenvalue weighted by molar-refractivity contribution is 5.89. The highest BCUT2D eigenvalue weighted by Gasteiger charge is 2.14. The van der Waals surface area contributed by atoms with Crippen LogP contribution in [0.25, 0.3) is 11.1 Å². The van der Waals surface area contributed by atoms with Gasteiger partial charge in [-0.1, -0.05) is 18.2 Å². The fourth-order valence-corrected chi connectivity index (χ4v) is 1.44. The van der Waals surface area contributed by atoms with Gasteiger partial charge in [0.05, 0.1) is 0 Å². The van der Waals surface area contributed by atoms with Crippen molar-refractivity contribution >= 4 is 5.97 Å². The third kappa shape index (κ3) is 2.13. The summed E-state index contributed by atoms with van der Waals surface area (Å²) >= 11 is 0. The summed E-state index contributed by atoms with van der Waals surface area (Å²) in [5.74, 6) is -3.04. The molecule has 86 valence electrons. The van der Waals surface area contributed by atoms with Gasteiger partial charge in [0.2, 0.25) is 5.95 Å². The number of benzene rings is 1. The third-order valence-corrected chi connectivity index (χ3v) is 2.25. The molecule has 2 aromatic rings. The van der Waals surface area contributed by atoms with E-state index < -0.39 is 23.3 Å². The number of nitrogens with zero attached hydrogens (tertiary/aromatic N) is 1. The smallest absolute Gasteiger partial charge is 0.340 e. The Morgan fingerprint density at radius 3 is 2.59 bits per heavy atom. The normalized spacial score (nSPS) is 10.2. The van der Waals surface area contributed by atoms with E-state index in [1.165, 1.54) is 18.2 Å². The molecule has 3 nitrogen and oxygen atoms in total. The SMILES string of the molecule is O=C(O)c1cc(-c2ccccc2F)cnc1F. The first-order chi connectivity index (χ1) is 8.09. The third-order valence-electron chi connectivity index (χ3n) is 2.25. The summed E-state index contributed by atoms with van der Waals surface area (Å²) in [5, 5.41) is 8.73. The van der Waals surface area contributed by atoms with E-state index in [-0.39, 0.29) is 11.1 Å². The molecular weight excluding hydrogens is 228 g/mol. The maximum atomic E-state index is 13.4. The van der Waals surface area contributed by atoms with Gasteiger partial charge in [0, 0.05) is 17.3 Å². The van der Waals surface area contributed by atoms with E-state index in [1.807, 2.05) is 0 Å². The minimum absolute atomic E-state index is 0.183. The van der Waals surface area contributed by atoms with Crippen LogP contribution >= 0.6 is 0 Å². The van der Waals surface area contributed by atoms with Crippen LogP contribution in [0.15, 0.2) is 36.5 Å². The molecule has 2 rings (SSSR count). The molecule has 0 aliphatic heterocycles. The lowest BCUT2D eigenvalue weighted by Gasteiger charge is -2.04. The number of carbonyl (C=O) groups is 1. The standard InChI is InChI=1S/C12H7F2NO2/c13-10-4-2-1-3-8(10)7-5-9(12(16)17)11(14)15-6-7/h1-6H,(H,16,17). The van der Waals surface area contributed by atoms with Crippen LogP contribution in [0.5, 0.6) is 0 Å². The van der Waals surface area contributed by atoms with E-state index in [1.54, 1.807) is 6.07 Å². The molecule has 1 aromatic carbocycles. The zero-order valence-electron chi connectivity index (χ0n) is 8.52. The Bertz CT molecular complexity index is 584. The minimum Gasteiger partial charge on any atom is -0.478 e. The number of halogens is 2. The highest BCUT2D eigenvalue weighted by atomic mass is 19.1. The van der Waals surface area contributed by atoms with Crippen LogP contribution in [-0.2, 0) is 0 Å². The predicted molar refractivity (Wildman–Crippen MR) is 56.5 cm³/mol. The number of carboxylic acids is 1. The minimum atomic E-state index is -1.44. The van der Waals surface area contributed by atoms with Crippen molar-refractivity contribution in [3.63, 3.8) is 0 Å². The molecule has 1 aromatic heterocycles. The lowest BCUT2D eigenvalue weighted by atomic mass is 10.1. The number of rotatable bonds is 2. The van der Waals surface area contributed by atoms with Gasteiger partial charge in [0.15, 0.2) is 0 Å². The molecule has 0 spiro atoms. The van der Waals surface area contributed by atoms with Gasteiger partial charge >= 0.3 is 5.97 Å². The van der Waals surface area contributed by atoms with Gasteiger partial charge in [0.1, 0.15) is 11.4 Å². The van der Waals surface area contributed by atoms with E-state index in [0.29, 0.717) is 0 Å². The molecule has 5 heteroatoms. The van der Waals surface area contributed by atoms with Gasteiger partial charge in [0.25, 0.3) is 0 Å². The summed E-state index contributed by atoms with van der Waals surface area (Å²) in [6, 6.07) is 6.87. The molecule has 17 heavy (non-hydrogen) atoms. The number of aromatic nitrogens is 1. The van der Waals surface area contributed by atoms with Crippen LogP contribution < -0.4 is 0 Å². The average Bonchev–Trinajstić information content (AvgIpc) is 2.30. The van der Waals surface area contributed by atoms with Crippen molar-refractivity contribution in [3.05, 3.63) is 53.9 Å². The number of aromatic carboxylic acids is 1. The molecule has 0 radical (unpaired) electrons. The maximum absolute atomic E-state index is 13.4. The van der Waals surface area contributed by atoms with E-state index in [4.69, 9.17) is 5.11 Å². The first kappa shape index (κ1) is 11.2. The summed E-state index contributed by atoms with van der Waals surface area (Å²) in [4.78, 5) is 14.0. The summed E-state index contributed by atoms with van der Waals surface area (Å²) < 4.78 is 26.5. The van der Waals surface area contributed by atoms with Crippen molar-refractivity contribution in [2.24, 2.45) is 0 Å². The fourth-order valence-electron chi connectivity index (χ4n) is 1.44. The molecular formula is C12H7F2NO2. The lowest BCUT2D eigenvalue weighted by Crippen LogP contribution is -2.03. The summed E-state index contributed by atoms with van der Waals surface area (Å²) in [7, 11) is 0. The molecule has 0 atom stereocenters. The topological polar surface area (TPSA) is 50.2 Å². The van der Waals surface area contributed by atoms with E-state index in [2.05, 4.69) is 4.98 Å². The first-order valence-corrected chi connectivity index (χ1v) is 4.73. The quantitative estimate of drug-likeness (QED) is 0.814. The average molecular weight is 235 g/mol. The summed E-state index contributed by atoms with van der Waals surface area (Å²) in [5.41, 5.74) is -0.171. The van der Waals surface area contributed by atoms with Crippen LogP contribution in [0.4, 0.5) is 8.78 Å². The van der Waals surface area contributed by atoms with Gasteiger partial charge in [-0.05, 0) is 12.1 Å². The molecule has 0 saturated heterocycles. The van der Waals surface area contributed by atoms with Gasteiger partial charge < -0.3 is 5.11 Å². The van der Waals surface area contributed by atoms with Gasteiger partial charge in [-0.3, -0.25) is 0 Å². The van der Waals surface area contributed by atoms with Crippen molar-refractivity contribution in [1.82, 2.24) is 4.98 Å². The Kier molecular flexibility index (Phi) is 2.82. The van der Waals surface area contributed by atoms with Gasteiger partial charge in [-0.15, -0.1) is 0 Å². The Balaban J connectivity index is 2.58. The van der Waals surface area contributed by atoms with Crippen molar-refractivity contribution in [2.75, 3.05) is 0 Å². The van der Waals surface area contributed by atoms with E-state index in [0.717, 1.165) is 12.3 Å². The molecule has 0 bridgehead atoms. The molecule has 0 amide bonds. The second-order valence-corrected chi connectivity index (χ2v) is 3.35. The van der Waals surface area contributed by atoms with E-state index in [9.17, 15) is 13.6 Å². The Hall–Kier alpha value is -2.30. The van der Waals surface area contributed by atoms with Crippen LogP contribution in [0, 0.1) is 11.8 Å². The molecule has 0 unspecified atom stereocenters. The van der Waals surface area contributed by atoms with E-state index >= 15 is 0 Å². The van der Waals surface area contributed by atoms with Crippen molar-refractivity contribution in [3.8, 4) is 11.1 Å². The first-order valence-electron chi connectivity index (χ1n) is 4.73. The maximum Gasteiger partial charge on any atom is 0.340 e. The second kappa shape index (κ2) is 4.29. The van der Waals surface area contributed by atoms with Crippen molar-refractivity contribution < 1.29 is 18.7 Å². The zero-order valence-corrected chi connectivity index (χ0v) is 8.52. The second-order valence-electron chi connectivity index (χ2n) is 3.35. The van der Waals surface area contributed by atoms with Gasteiger partial charge in [-0.25, -0.2) is 14.2 Å². The molecule has 0 fully saturated rings. The van der Waals surface area contributed by atoms with Crippen LogP contribution in [0.3, 0.4) is 0 Å². The molecule has 0 aliphatic carbocycles. The number of pyridine rings is 1. The Morgan fingerprint density at radius 2 is 1.94 bits per heavy atom. The van der Waals surface area contributed by atoms with Crippen LogP contribution in [0.2, 0.25) is 0 Å². The molecule has 0 saturated carbocycles. The number of carboxylic acid groups (broad SMARTS) is 1. The summed E-state index contributed by atoms with van der Waals surface area (Å²) in [6.07, 6.45) is 1.10. The number of hydrogen-bond donors (Lipinski definition) is 1. The Morgan fingerprint density at radius 1 is 1.24 bits per heavy atom. The molecule has 1 heterocycles. The van der Waals surface area contributed by atoms with Crippen LogP contribution in [-0.4, -0.2) is 16.1 Å². The molecule has 1 N–H and O–H groups in total. The highest BCUT2D eigenvalue weighted by Crippen LogP contribution is 2.23. The number of hydrogen-bond acceptors (Lipinski definition) is 2. The largest absolute Gasteiger partial charge is 0.478 e. The van der Waals surface area contributed by atoms with Crippen molar-refractivity contribution in [1.29, 1.82) is 0 Å². The van der Waals surface area contributed by atoms with Gasteiger partial charge in [-0.2, -0.15) is 4.39 Å². The Labute approximate surface area is 95.4 Å². The monoisotopic (exact) mass is 235 g/mol. The zero-order chi connectivity index (χ0) is 12.4. The predicted octanol–water partition coefficient (Wildman–Crippen LogP) is 2.73. The lowest BCUT2D eigenvalue weighted by molar-refractivity contribution is 0.0691.